The number of nitro benzene ring substituents is 1. The molecule has 0 bridgehead atoms. The van der Waals surface area contributed by atoms with Gasteiger partial charge in [-0.25, -0.2) is 0 Å². The van der Waals surface area contributed by atoms with Crippen molar-refractivity contribution < 1.29 is 14.5 Å². The lowest BCUT2D eigenvalue weighted by Crippen LogP contribution is -2.35. The van der Waals surface area contributed by atoms with Crippen LogP contribution in [0.3, 0.4) is 0 Å². The highest BCUT2D eigenvalue weighted by Gasteiger charge is 2.27. The van der Waals surface area contributed by atoms with Gasteiger partial charge < -0.3 is 0 Å². The van der Waals surface area contributed by atoms with Crippen LogP contribution in [0.1, 0.15) is 20.7 Å². The standard InChI is InChI=1S/C18H10N2O4/c21-17-14-3-1-2-11-6-9-13(16(15(11)14)18(22)19-17)10-4-7-12(8-5-10)20(23)24/h1-9H,(H,19,21,22). The summed E-state index contributed by atoms with van der Waals surface area (Å²) in [4.78, 5) is 34.8. The van der Waals surface area contributed by atoms with Crippen LogP contribution in [0.15, 0.2) is 54.6 Å². The monoisotopic (exact) mass is 318 g/mol. The van der Waals surface area contributed by atoms with Crippen LogP contribution in [-0.2, 0) is 0 Å². The molecule has 0 unspecified atom stereocenters. The second-order valence-corrected chi connectivity index (χ2v) is 5.48. The number of nitrogens with zero attached hydrogens (tertiary/aromatic N) is 1. The highest BCUT2D eigenvalue weighted by atomic mass is 16.6. The minimum absolute atomic E-state index is 0.0199. The van der Waals surface area contributed by atoms with Crippen molar-refractivity contribution in [1.29, 1.82) is 0 Å². The Bertz CT molecular complexity index is 1040. The van der Waals surface area contributed by atoms with Crippen molar-refractivity contribution in [3.8, 4) is 11.1 Å². The molecule has 2 amide bonds. The van der Waals surface area contributed by atoms with Gasteiger partial charge in [0.05, 0.1) is 10.5 Å². The van der Waals surface area contributed by atoms with Gasteiger partial charge >= 0.3 is 0 Å². The van der Waals surface area contributed by atoms with E-state index in [1.807, 2.05) is 12.1 Å². The summed E-state index contributed by atoms with van der Waals surface area (Å²) in [5.41, 5.74) is 2.16. The zero-order chi connectivity index (χ0) is 16.8. The number of carbonyl (C=O) groups excluding carboxylic acids is 2. The fourth-order valence-electron chi connectivity index (χ4n) is 3.04. The molecule has 0 saturated carbocycles. The maximum Gasteiger partial charge on any atom is 0.269 e. The average Bonchev–Trinajstić information content (AvgIpc) is 2.59. The quantitative estimate of drug-likeness (QED) is 0.446. The summed E-state index contributed by atoms with van der Waals surface area (Å²) in [6, 6.07) is 14.9. The van der Waals surface area contributed by atoms with E-state index in [2.05, 4.69) is 5.32 Å². The maximum absolute atomic E-state index is 12.4. The van der Waals surface area contributed by atoms with E-state index in [-0.39, 0.29) is 5.69 Å². The van der Waals surface area contributed by atoms with Crippen molar-refractivity contribution in [3.05, 3.63) is 75.8 Å². The third-order valence-corrected chi connectivity index (χ3v) is 4.13. The SMILES string of the molecule is O=C1NC(=O)c2c(-c3ccc([N+](=O)[O-])cc3)ccc3cccc1c23. The van der Waals surface area contributed by atoms with Crippen LogP contribution < -0.4 is 5.32 Å². The summed E-state index contributed by atoms with van der Waals surface area (Å²) in [6.07, 6.45) is 0. The molecule has 0 spiro atoms. The lowest BCUT2D eigenvalue weighted by atomic mass is 9.89. The first-order valence-electron chi connectivity index (χ1n) is 7.22. The van der Waals surface area contributed by atoms with E-state index < -0.39 is 16.7 Å². The molecule has 6 heteroatoms. The largest absolute Gasteiger partial charge is 0.288 e. The summed E-state index contributed by atoms with van der Waals surface area (Å²) < 4.78 is 0. The molecule has 4 rings (SSSR count). The molecule has 6 nitrogen and oxygen atoms in total. The maximum atomic E-state index is 12.4. The van der Waals surface area contributed by atoms with Gasteiger partial charge in [-0.05, 0) is 34.7 Å². The second kappa shape index (κ2) is 4.99. The molecule has 0 saturated heterocycles. The highest BCUT2D eigenvalue weighted by molar-refractivity contribution is 6.27. The molecular weight excluding hydrogens is 308 g/mol. The Labute approximate surface area is 135 Å². The number of benzene rings is 3. The molecule has 0 radical (unpaired) electrons. The van der Waals surface area contributed by atoms with Crippen molar-refractivity contribution in [1.82, 2.24) is 5.32 Å². The highest BCUT2D eigenvalue weighted by Crippen LogP contribution is 2.34. The Balaban J connectivity index is 2.01. The van der Waals surface area contributed by atoms with Gasteiger partial charge in [0.25, 0.3) is 17.5 Å². The normalized spacial score (nSPS) is 13.0. The smallest absolute Gasteiger partial charge is 0.269 e. The van der Waals surface area contributed by atoms with Gasteiger partial charge in [-0.15, -0.1) is 0 Å². The van der Waals surface area contributed by atoms with Gasteiger partial charge in [0.15, 0.2) is 0 Å². The van der Waals surface area contributed by atoms with Crippen molar-refractivity contribution in [2.75, 3.05) is 0 Å². The van der Waals surface area contributed by atoms with Crippen molar-refractivity contribution in [3.63, 3.8) is 0 Å². The molecule has 0 aliphatic carbocycles. The Hall–Kier alpha value is -3.54. The van der Waals surface area contributed by atoms with Crippen LogP contribution in [0.25, 0.3) is 21.9 Å². The van der Waals surface area contributed by atoms with Crippen LogP contribution in [0.2, 0.25) is 0 Å². The number of non-ortho nitro benzene ring substituents is 1. The van der Waals surface area contributed by atoms with Crippen LogP contribution in [-0.4, -0.2) is 16.7 Å². The predicted octanol–water partition coefficient (Wildman–Crippen LogP) is 3.30. The summed E-state index contributed by atoms with van der Waals surface area (Å²) in [5.74, 6) is -0.878. The fraction of sp³-hybridized carbons (Fsp3) is 0. The molecule has 0 atom stereocenters. The van der Waals surface area contributed by atoms with Crippen molar-refractivity contribution >= 4 is 28.3 Å². The predicted molar refractivity (Wildman–Crippen MR) is 87.8 cm³/mol. The third-order valence-electron chi connectivity index (χ3n) is 4.13. The molecule has 0 aromatic heterocycles. The first-order valence-corrected chi connectivity index (χ1v) is 7.22. The van der Waals surface area contributed by atoms with Gasteiger partial charge in [-0.2, -0.15) is 0 Å². The average molecular weight is 318 g/mol. The number of rotatable bonds is 2. The summed E-state index contributed by atoms with van der Waals surface area (Å²) in [7, 11) is 0. The molecule has 0 fully saturated rings. The van der Waals surface area contributed by atoms with E-state index in [0.717, 1.165) is 5.39 Å². The van der Waals surface area contributed by atoms with Crippen LogP contribution in [0.5, 0.6) is 0 Å². The molecule has 1 heterocycles. The first kappa shape index (κ1) is 14.1. The van der Waals surface area contributed by atoms with Crippen molar-refractivity contribution in [2.45, 2.75) is 0 Å². The number of hydrogen-bond acceptors (Lipinski definition) is 4. The Morgan fingerprint density at radius 2 is 1.58 bits per heavy atom. The molecule has 1 N–H and O–H groups in total. The lowest BCUT2D eigenvalue weighted by molar-refractivity contribution is -0.384. The van der Waals surface area contributed by atoms with Gasteiger partial charge in [-0.1, -0.05) is 24.3 Å². The fourth-order valence-corrected chi connectivity index (χ4v) is 3.04. The zero-order valence-corrected chi connectivity index (χ0v) is 12.3. The molecule has 3 aromatic rings. The van der Waals surface area contributed by atoms with Crippen LogP contribution >= 0.6 is 0 Å². The Morgan fingerprint density at radius 1 is 0.833 bits per heavy atom. The first-order chi connectivity index (χ1) is 11.6. The Kier molecular flexibility index (Phi) is 2.93. The van der Waals surface area contributed by atoms with Crippen molar-refractivity contribution in [2.24, 2.45) is 0 Å². The van der Waals surface area contributed by atoms with Gasteiger partial charge in [0, 0.05) is 23.1 Å². The summed E-state index contributed by atoms with van der Waals surface area (Å²) in [5, 5.41) is 14.6. The Morgan fingerprint density at radius 3 is 2.29 bits per heavy atom. The molecule has 1 aliphatic rings. The lowest BCUT2D eigenvalue weighted by Gasteiger charge is -2.19. The number of carbonyl (C=O) groups is 2. The van der Waals surface area contributed by atoms with Crippen LogP contribution in [0, 0.1) is 10.1 Å². The minimum Gasteiger partial charge on any atom is -0.288 e. The summed E-state index contributed by atoms with van der Waals surface area (Å²) >= 11 is 0. The number of hydrogen-bond donors (Lipinski definition) is 1. The zero-order valence-electron chi connectivity index (χ0n) is 12.3. The van der Waals surface area contributed by atoms with E-state index in [1.54, 1.807) is 30.3 Å². The molecular formula is C18H10N2O4. The number of nitro groups is 1. The molecule has 1 aliphatic heterocycles. The topological polar surface area (TPSA) is 89.3 Å². The number of amides is 2. The van der Waals surface area contributed by atoms with E-state index in [9.17, 15) is 19.7 Å². The second-order valence-electron chi connectivity index (χ2n) is 5.48. The molecule has 116 valence electrons. The number of nitrogens with one attached hydrogen (secondary N) is 1. The van der Waals surface area contributed by atoms with Gasteiger partial charge in [0.2, 0.25) is 0 Å². The third kappa shape index (κ3) is 1.97. The number of imide groups is 1. The van der Waals surface area contributed by atoms with Gasteiger partial charge in [0.1, 0.15) is 0 Å². The van der Waals surface area contributed by atoms with Crippen LogP contribution in [0.4, 0.5) is 5.69 Å². The van der Waals surface area contributed by atoms with E-state index in [0.29, 0.717) is 27.6 Å². The van der Waals surface area contributed by atoms with E-state index in [1.165, 1.54) is 12.1 Å². The summed E-state index contributed by atoms with van der Waals surface area (Å²) in [6.45, 7) is 0. The minimum atomic E-state index is -0.475. The van der Waals surface area contributed by atoms with Gasteiger partial charge in [-0.3, -0.25) is 25.0 Å². The molecule has 3 aromatic carbocycles. The molecule has 24 heavy (non-hydrogen) atoms. The van der Waals surface area contributed by atoms with E-state index in [4.69, 9.17) is 0 Å². The van der Waals surface area contributed by atoms with E-state index >= 15 is 0 Å².